The van der Waals surface area contributed by atoms with Crippen molar-refractivity contribution in [1.29, 1.82) is 0 Å². The minimum absolute atomic E-state index is 0.890. The number of hydrogen-bond donors (Lipinski definition) is 0. The molecule has 1 heterocycles. The summed E-state index contributed by atoms with van der Waals surface area (Å²) in [5.74, 6) is 0. The van der Waals surface area contributed by atoms with Crippen LogP contribution in [-0.4, -0.2) is 4.57 Å². The normalized spacial score (nSPS) is 10.6. The van der Waals surface area contributed by atoms with Crippen molar-refractivity contribution in [2.45, 2.75) is 20.4 Å². The van der Waals surface area contributed by atoms with Crippen LogP contribution in [0.15, 0.2) is 67.2 Å². The van der Waals surface area contributed by atoms with Gasteiger partial charge < -0.3 is 4.57 Å². The second-order valence-electron chi connectivity index (χ2n) is 5.72. The standard InChI is InChI=1S/C21H21N/c1-4-18-10-12-19(13-11-18)15-22-17(3)14-16(2)21(22)20-8-6-5-7-9-20/h4-14H,1,15H2,2-3H3. The highest BCUT2D eigenvalue weighted by Gasteiger charge is 2.12. The minimum atomic E-state index is 0.890. The first-order valence-electron chi connectivity index (χ1n) is 7.62. The van der Waals surface area contributed by atoms with Gasteiger partial charge in [0.1, 0.15) is 0 Å². The van der Waals surface area contributed by atoms with Gasteiger partial charge in [-0.25, -0.2) is 0 Å². The maximum atomic E-state index is 3.81. The Morgan fingerprint density at radius 1 is 0.955 bits per heavy atom. The summed E-state index contributed by atoms with van der Waals surface area (Å²) in [4.78, 5) is 0. The predicted molar refractivity (Wildman–Crippen MR) is 95.0 cm³/mol. The zero-order valence-electron chi connectivity index (χ0n) is 13.2. The van der Waals surface area contributed by atoms with Crippen molar-refractivity contribution in [3.63, 3.8) is 0 Å². The summed E-state index contributed by atoms with van der Waals surface area (Å²) in [5.41, 5.74) is 7.67. The van der Waals surface area contributed by atoms with Gasteiger partial charge in [0.2, 0.25) is 0 Å². The molecule has 0 aliphatic carbocycles. The molecule has 0 aliphatic heterocycles. The first kappa shape index (κ1) is 14.4. The van der Waals surface area contributed by atoms with Gasteiger partial charge >= 0.3 is 0 Å². The van der Waals surface area contributed by atoms with E-state index in [1.807, 2.05) is 6.08 Å². The van der Waals surface area contributed by atoms with Crippen molar-refractivity contribution in [3.05, 3.63) is 89.6 Å². The predicted octanol–water partition coefficient (Wildman–Crippen LogP) is 5.46. The van der Waals surface area contributed by atoms with Gasteiger partial charge in [-0.3, -0.25) is 0 Å². The van der Waals surface area contributed by atoms with Gasteiger partial charge in [-0.2, -0.15) is 0 Å². The Labute approximate surface area is 132 Å². The zero-order chi connectivity index (χ0) is 15.5. The molecule has 0 unspecified atom stereocenters. The number of aromatic nitrogens is 1. The van der Waals surface area contributed by atoms with Crippen LogP contribution < -0.4 is 0 Å². The number of hydrogen-bond acceptors (Lipinski definition) is 0. The quantitative estimate of drug-likeness (QED) is 0.600. The third-order valence-electron chi connectivity index (χ3n) is 4.10. The average molecular weight is 287 g/mol. The van der Waals surface area contributed by atoms with E-state index in [9.17, 15) is 0 Å². The van der Waals surface area contributed by atoms with Gasteiger partial charge in [0, 0.05) is 12.2 Å². The van der Waals surface area contributed by atoms with Crippen molar-refractivity contribution in [2.75, 3.05) is 0 Å². The molecule has 0 bridgehead atoms. The van der Waals surface area contributed by atoms with Crippen LogP contribution in [0.1, 0.15) is 22.4 Å². The van der Waals surface area contributed by atoms with E-state index in [4.69, 9.17) is 0 Å². The zero-order valence-corrected chi connectivity index (χ0v) is 13.2. The van der Waals surface area contributed by atoms with Crippen LogP contribution in [0, 0.1) is 13.8 Å². The van der Waals surface area contributed by atoms with E-state index in [1.165, 1.54) is 28.1 Å². The summed E-state index contributed by atoms with van der Waals surface area (Å²) in [7, 11) is 0. The molecule has 0 radical (unpaired) electrons. The van der Waals surface area contributed by atoms with Crippen molar-refractivity contribution < 1.29 is 0 Å². The van der Waals surface area contributed by atoms with Crippen molar-refractivity contribution in [3.8, 4) is 11.3 Å². The molecule has 1 nitrogen and oxygen atoms in total. The molecule has 0 spiro atoms. The Balaban J connectivity index is 2.01. The maximum absolute atomic E-state index is 3.81. The Kier molecular flexibility index (Phi) is 3.97. The van der Waals surface area contributed by atoms with Crippen LogP contribution in [0.2, 0.25) is 0 Å². The lowest BCUT2D eigenvalue weighted by Crippen LogP contribution is -2.04. The first-order chi connectivity index (χ1) is 10.7. The van der Waals surface area contributed by atoms with Crippen molar-refractivity contribution in [2.24, 2.45) is 0 Å². The van der Waals surface area contributed by atoms with Gasteiger partial charge in [0.25, 0.3) is 0 Å². The molecule has 0 N–H and O–H groups in total. The fourth-order valence-corrected chi connectivity index (χ4v) is 2.97. The van der Waals surface area contributed by atoms with E-state index in [0.29, 0.717) is 0 Å². The van der Waals surface area contributed by atoms with E-state index < -0.39 is 0 Å². The van der Waals surface area contributed by atoms with E-state index >= 15 is 0 Å². The molecule has 0 aliphatic rings. The summed E-state index contributed by atoms with van der Waals surface area (Å²) in [5, 5.41) is 0. The third kappa shape index (κ3) is 2.75. The molecule has 3 aromatic rings. The lowest BCUT2D eigenvalue weighted by atomic mass is 10.1. The molecule has 0 amide bonds. The van der Waals surface area contributed by atoms with Crippen LogP contribution in [0.5, 0.6) is 0 Å². The molecule has 110 valence electrons. The number of rotatable bonds is 4. The highest BCUT2D eigenvalue weighted by molar-refractivity contribution is 5.65. The Bertz CT molecular complexity index is 777. The SMILES string of the molecule is C=Cc1ccc(Cn2c(C)cc(C)c2-c2ccccc2)cc1. The highest BCUT2D eigenvalue weighted by atomic mass is 15.0. The second kappa shape index (κ2) is 6.07. The number of benzene rings is 2. The number of aryl methyl sites for hydroxylation is 2. The topological polar surface area (TPSA) is 4.93 Å². The molecule has 0 saturated carbocycles. The molecular formula is C21H21N. The van der Waals surface area contributed by atoms with E-state index in [1.54, 1.807) is 0 Å². The molecule has 2 aromatic carbocycles. The van der Waals surface area contributed by atoms with Crippen molar-refractivity contribution >= 4 is 6.08 Å². The van der Waals surface area contributed by atoms with Crippen LogP contribution in [-0.2, 0) is 6.54 Å². The van der Waals surface area contributed by atoms with Gasteiger partial charge in [-0.15, -0.1) is 0 Å². The fraction of sp³-hybridized carbons (Fsp3) is 0.143. The largest absolute Gasteiger partial charge is 0.340 e. The molecule has 0 saturated heterocycles. The van der Waals surface area contributed by atoms with Crippen molar-refractivity contribution in [1.82, 2.24) is 4.57 Å². The Morgan fingerprint density at radius 3 is 2.27 bits per heavy atom. The third-order valence-corrected chi connectivity index (χ3v) is 4.10. The summed E-state index contributed by atoms with van der Waals surface area (Å²) in [6.07, 6.45) is 1.88. The lowest BCUT2D eigenvalue weighted by Gasteiger charge is -2.13. The average Bonchev–Trinajstić information content (AvgIpc) is 2.83. The van der Waals surface area contributed by atoms with Crippen LogP contribution in [0.3, 0.4) is 0 Å². The minimum Gasteiger partial charge on any atom is -0.340 e. The smallest absolute Gasteiger partial charge is 0.0515 e. The van der Waals surface area contributed by atoms with Gasteiger partial charge in [0.05, 0.1) is 5.69 Å². The fourth-order valence-electron chi connectivity index (χ4n) is 2.97. The highest BCUT2D eigenvalue weighted by Crippen LogP contribution is 2.27. The molecule has 3 rings (SSSR count). The summed E-state index contributed by atoms with van der Waals surface area (Å²) in [6.45, 7) is 9.07. The monoisotopic (exact) mass is 287 g/mol. The number of nitrogens with zero attached hydrogens (tertiary/aromatic N) is 1. The molecule has 1 heteroatoms. The first-order valence-corrected chi connectivity index (χ1v) is 7.62. The Morgan fingerprint density at radius 2 is 1.64 bits per heavy atom. The van der Waals surface area contributed by atoms with Crippen LogP contribution in [0.4, 0.5) is 0 Å². The van der Waals surface area contributed by atoms with Crippen LogP contribution in [0.25, 0.3) is 17.3 Å². The summed E-state index contributed by atoms with van der Waals surface area (Å²) < 4.78 is 2.40. The molecule has 1 aromatic heterocycles. The molecule has 0 fully saturated rings. The van der Waals surface area contributed by atoms with Gasteiger partial charge in [-0.05, 0) is 42.2 Å². The van der Waals surface area contributed by atoms with E-state index in [0.717, 1.165) is 12.1 Å². The summed E-state index contributed by atoms with van der Waals surface area (Å²) >= 11 is 0. The maximum Gasteiger partial charge on any atom is 0.0515 e. The van der Waals surface area contributed by atoms with Gasteiger partial charge in [-0.1, -0.05) is 67.3 Å². The molecule has 22 heavy (non-hydrogen) atoms. The second-order valence-corrected chi connectivity index (χ2v) is 5.72. The Hall–Kier alpha value is -2.54. The lowest BCUT2D eigenvalue weighted by molar-refractivity contribution is 0.783. The van der Waals surface area contributed by atoms with E-state index in [-0.39, 0.29) is 0 Å². The molecule has 0 atom stereocenters. The summed E-state index contributed by atoms with van der Waals surface area (Å²) in [6, 6.07) is 21.5. The van der Waals surface area contributed by atoms with Crippen LogP contribution >= 0.6 is 0 Å². The molecular weight excluding hydrogens is 266 g/mol. The van der Waals surface area contributed by atoms with E-state index in [2.05, 4.69) is 85.7 Å². The van der Waals surface area contributed by atoms with Gasteiger partial charge in [0.15, 0.2) is 0 Å².